The summed E-state index contributed by atoms with van der Waals surface area (Å²) in [4.78, 5) is 13.8. The lowest BCUT2D eigenvalue weighted by Gasteiger charge is -2.55. The zero-order valence-electron chi connectivity index (χ0n) is 16.6. The van der Waals surface area contributed by atoms with E-state index < -0.39 is 0 Å². The van der Waals surface area contributed by atoms with Crippen molar-refractivity contribution in [2.75, 3.05) is 5.32 Å². The van der Waals surface area contributed by atoms with E-state index in [1.54, 1.807) is 11.3 Å². The van der Waals surface area contributed by atoms with Gasteiger partial charge in [0.15, 0.2) is 0 Å². The Balaban J connectivity index is 1.13. The Hall–Kier alpha value is -2.68. The molecule has 2 aromatic heterocycles. The van der Waals surface area contributed by atoms with E-state index in [2.05, 4.69) is 30.9 Å². The Labute approximate surface area is 178 Å². The maximum atomic E-state index is 12.5. The summed E-state index contributed by atoms with van der Waals surface area (Å²) in [6, 6.07) is 9.59. The molecular formula is C21H23N7OS. The van der Waals surface area contributed by atoms with Crippen molar-refractivity contribution in [3.8, 4) is 11.4 Å². The molecule has 7 rings (SSSR count). The van der Waals surface area contributed by atoms with E-state index in [-0.39, 0.29) is 17.9 Å². The molecule has 4 aliphatic carbocycles. The SMILES string of the molecule is O=C(Cn1nnc(-c2ccccc2)n1)Nc1nnc(C23CC4CC(CC(C4)C2)C3)s1. The fourth-order valence-corrected chi connectivity index (χ4v) is 7.14. The molecule has 30 heavy (non-hydrogen) atoms. The van der Waals surface area contributed by atoms with Gasteiger partial charge in [0.05, 0.1) is 0 Å². The molecule has 4 aliphatic rings. The van der Waals surface area contributed by atoms with Gasteiger partial charge < -0.3 is 0 Å². The number of amides is 1. The molecule has 154 valence electrons. The maximum absolute atomic E-state index is 12.5. The summed E-state index contributed by atoms with van der Waals surface area (Å²) in [5.41, 5.74) is 1.07. The minimum absolute atomic E-state index is 0.00783. The molecule has 0 spiro atoms. The number of rotatable bonds is 5. The Morgan fingerprint density at radius 1 is 1.03 bits per heavy atom. The standard InChI is InChI=1S/C21H23N7OS/c29-17(12-28-26-18(23-27-28)16-4-2-1-3-5-16)22-20-25-24-19(30-20)21-9-13-6-14(10-21)8-15(7-13)11-21/h1-5,13-15H,6-12H2,(H,22,25,29). The van der Waals surface area contributed by atoms with Crippen LogP contribution in [0.25, 0.3) is 11.4 Å². The van der Waals surface area contributed by atoms with Gasteiger partial charge in [-0.15, -0.1) is 20.4 Å². The summed E-state index contributed by atoms with van der Waals surface area (Å²) in [6.07, 6.45) is 7.93. The summed E-state index contributed by atoms with van der Waals surface area (Å²) in [5.74, 6) is 2.85. The highest BCUT2D eigenvalue weighted by Crippen LogP contribution is 2.61. The molecule has 4 saturated carbocycles. The topological polar surface area (TPSA) is 98.5 Å². The summed E-state index contributed by atoms with van der Waals surface area (Å²) in [5, 5.41) is 25.7. The van der Waals surface area contributed by atoms with Crippen LogP contribution in [0.1, 0.15) is 43.5 Å². The smallest absolute Gasteiger partial charge is 0.249 e. The molecule has 0 atom stereocenters. The van der Waals surface area contributed by atoms with Crippen LogP contribution in [-0.4, -0.2) is 36.3 Å². The molecular weight excluding hydrogens is 398 g/mol. The molecule has 0 aliphatic heterocycles. The number of benzene rings is 1. The van der Waals surface area contributed by atoms with Gasteiger partial charge in [0.1, 0.15) is 11.6 Å². The van der Waals surface area contributed by atoms with Crippen molar-refractivity contribution >= 4 is 22.4 Å². The number of nitrogens with one attached hydrogen (secondary N) is 1. The first-order chi connectivity index (χ1) is 14.6. The molecule has 1 N–H and O–H groups in total. The van der Waals surface area contributed by atoms with E-state index in [0.717, 1.165) is 28.3 Å². The van der Waals surface area contributed by atoms with Gasteiger partial charge in [0, 0.05) is 11.0 Å². The Morgan fingerprint density at radius 2 is 1.73 bits per heavy atom. The van der Waals surface area contributed by atoms with Gasteiger partial charge in [-0.3, -0.25) is 10.1 Å². The fourth-order valence-electron chi connectivity index (χ4n) is 6.16. The lowest BCUT2D eigenvalue weighted by Crippen LogP contribution is -2.48. The van der Waals surface area contributed by atoms with Crippen molar-refractivity contribution in [1.29, 1.82) is 0 Å². The molecule has 2 heterocycles. The van der Waals surface area contributed by atoms with Crippen molar-refractivity contribution in [3.05, 3.63) is 35.3 Å². The van der Waals surface area contributed by atoms with Crippen LogP contribution in [0, 0.1) is 17.8 Å². The predicted molar refractivity (Wildman–Crippen MR) is 112 cm³/mol. The van der Waals surface area contributed by atoms with E-state index in [9.17, 15) is 4.79 Å². The van der Waals surface area contributed by atoms with E-state index in [0.29, 0.717) is 11.0 Å². The van der Waals surface area contributed by atoms with Crippen molar-refractivity contribution in [3.63, 3.8) is 0 Å². The number of anilines is 1. The van der Waals surface area contributed by atoms with E-state index >= 15 is 0 Å². The molecule has 0 radical (unpaired) electrons. The summed E-state index contributed by atoms with van der Waals surface area (Å²) < 4.78 is 0. The number of carbonyl (C=O) groups is 1. The zero-order chi connectivity index (χ0) is 20.1. The summed E-state index contributed by atoms with van der Waals surface area (Å²) in [7, 11) is 0. The van der Waals surface area contributed by atoms with E-state index in [1.807, 2.05) is 30.3 Å². The average molecular weight is 422 g/mol. The highest BCUT2D eigenvalue weighted by Gasteiger charge is 2.53. The van der Waals surface area contributed by atoms with Gasteiger partial charge in [0.25, 0.3) is 0 Å². The van der Waals surface area contributed by atoms with Crippen molar-refractivity contribution in [2.45, 2.75) is 50.5 Å². The second-order valence-electron chi connectivity index (χ2n) is 9.17. The lowest BCUT2D eigenvalue weighted by molar-refractivity contribution is -0.117. The predicted octanol–water partition coefficient (Wildman–Crippen LogP) is 3.30. The molecule has 1 aromatic carbocycles. The van der Waals surface area contributed by atoms with Crippen LogP contribution in [0.4, 0.5) is 5.13 Å². The Kier molecular flexibility index (Phi) is 4.19. The van der Waals surface area contributed by atoms with Crippen LogP contribution in [0.2, 0.25) is 0 Å². The Bertz CT molecular complexity index is 1040. The monoisotopic (exact) mass is 421 g/mol. The third kappa shape index (κ3) is 3.21. The van der Waals surface area contributed by atoms with E-state index in [4.69, 9.17) is 0 Å². The van der Waals surface area contributed by atoms with Crippen LogP contribution in [0.3, 0.4) is 0 Å². The molecule has 9 heteroatoms. The van der Waals surface area contributed by atoms with Gasteiger partial charge in [-0.05, 0) is 61.5 Å². The van der Waals surface area contributed by atoms with Gasteiger partial charge in [-0.2, -0.15) is 4.80 Å². The highest BCUT2D eigenvalue weighted by atomic mass is 32.1. The number of carbonyl (C=O) groups excluding carboxylic acids is 1. The lowest BCUT2D eigenvalue weighted by atomic mass is 9.50. The Morgan fingerprint density at radius 3 is 2.43 bits per heavy atom. The minimum Gasteiger partial charge on any atom is -0.299 e. The van der Waals surface area contributed by atoms with Crippen molar-refractivity contribution in [1.82, 2.24) is 30.4 Å². The maximum Gasteiger partial charge on any atom is 0.249 e. The summed E-state index contributed by atoms with van der Waals surface area (Å²) >= 11 is 1.54. The number of hydrogen-bond acceptors (Lipinski definition) is 7. The number of aromatic nitrogens is 6. The van der Waals surface area contributed by atoms with Crippen LogP contribution in [-0.2, 0) is 16.8 Å². The number of nitrogens with zero attached hydrogens (tertiary/aromatic N) is 6. The van der Waals surface area contributed by atoms with Crippen LogP contribution >= 0.6 is 11.3 Å². The number of hydrogen-bond donors (Lipinski definition) is 1. The second kappa shape index (κ2) is 6.94. The van der Waals surface area contributed by atoms with Crippen LogP contribution in [0.15, 0.2) is 30.3 Å². The molecule has 4 fully saturated rings. The minimum atomic E-state index is -0.222. The van der Waals surface area contributed by atoms with Crippen molar-refractivity contribution in [2.24, 2.45) is 17.8 Å². The molecule has 1 amide bonds. The molecule has 3 aromatic rings. The first-order valence-electron chi connectivity index (χ1n) is 10.6. The van der Waals surface area contributed by atoms with Gasteiger partial charge in [-0.25, -0.2) is 0 Å². The largest absolute Gasteiger partial charge is 0.299 e. The van der Waals surface area contributed by atoms with Crippen LogP contribution in [0.5, 0.6) is 0 Å². The number of tetrazole rings is 1. The zero-order valence-corrected chi connectivity index (χ0v) is 17.4. The van der Waals surface area contributed by atoms with Crippen LogP contribution < -0.4 is 5.32 Å². The highest BCUT2D eigenvalue weighted by molar-refractivity contribution is 7.15. The third-order valence-corrected chi connectivity index (χ3v) is 8.02. The molecule has 8 nitrogen and oxygen atoms in total. The van der Waals surface area contributed by atoms with Crippen molar-refractivity contribution < 1.29 is 4.79 Å². The van der Waals surface area contributed by atoms with Gasteiger partial charge in [-0.1, -0.05) is 41.7 Å². The van der Waals surface area contributed by atoms with Gasteiger partial charge >= 0.3 is 0 Å². The quantitative estimate of drug-likeness (QED) is 0.679. The normalized spacial score (nSPS) is 29.3. The first-order valence-corrected chi connectivity index (χ1v) is 11.4. The molecule has 0 unspecified atom stereocenters. The molecule has 4 bridgehead atoms. The second-order valence-corrected chi connectivity index (χ2v) is 10.1. The first kappa shape index (κ1) is 18.1. The van der Waals surface area contributed by atoms with Gasteiger partial charge in [0.2, 0.25) is 16.9 Å². The molecule has 0 saturated heterocycles. The third-order valence-electron chi connectivity index (χ3n) is 6.93. The van der Waals surface area contributed by atoms with E-state index in [1.165, 1.54) is 43.3 Å². The average Bonchev–Trinajstić information content (AvgIpc) is 3.38. The fraction of sp³-hybridized carbons (Fsp3) is 0.524. The summed E-state index contributed by atoms with van der Waals surface area (Å²) in [6.45, 7) is -0.00783.